The van der Waals surface area contributed by atoms with E-state index >= 15 is 0 Å². The summed E-state index contributed by atoms with van der Waals surface area (Å²) >= 11 is 0. The number of furan rings is 1. The summed E-state index contributed by atoms with van der Waals surface area (Å²) in [6.07, 6.45) is 1.52. The molecule has 0 aliphatic rings. The predicted molar refractivity (Wildman–Crippen MR) is 120 cm³/mol. The van der Waals surface area contributed by atoms with Gasteiger partial charge in [-0.25, -0.2) is 9.37 Å². The zero-order valence-electron chi connectivity index (χ0n) is 17.2. The molecule has 162 valence electrons. The SMILES string of the molecule is Cc1ccc(Nc2ccc(O)c(-c3ccc(C(=O)NCc4ccco4)c(N)n3)c2)c(F)c1. The van der Waals surface area contributed by atoms with Crippen LogP contribution in [0.4, 0.5) is 21.6 Å². The molecule has 1 amide bonds. The highest BCUT2D eigenvalue weighted by atomic mass is 19.1. The number of rotatable bonds is 6. The number of hydrogen-bond donors (Lipinski definition) is 4. The fourth-order valence-corrected chi connectivity index (χ4v) is 3.19. The summed E-state index contributed by atoms with van der Waals surface area (Å²) in [6, 6.07) is 16.2. The molecule has 32 heavy (non-hydrogen) atoms. The molecule has 7 nitrogen and oxygen atoms in total. The molecule has 0 bridgehead atoms. The quantitative estimate of drug-likeness (QED) is 0.327. The molecule has 4 rings (SSSR count). The van der Waals surface area contributed by atoms with Crippen molar-refractivity contribution in [3.05, 3.63) is 89.6 Å². The number of carbonyl (C=O) groups excluding carboxylic acids is 1. The van der Waals surface area contributed by atoms with E-state index in [4.69, 9.17) is 10.2 Å². The van der Waals surface area contributed by atoms with Gasteiger partial charge in [-0.3, -0.25) is 4.79 Å². The number of amides is 1. The van der Waals surface area contributed by atoms with E-state index in [1.807, 2.05) is 6.92 Å². The Bertz CT molecular complexity index is 1270. The van der Waals surface area contributed by atoms with Gasteiger partial charge in [0.15, 0.2) is 0 Å². The molecule has 0 fully saturated rings. The number of aryl methyl sites for hydroxylation is 1. The predicted octanol–water partition coefficient (Wildman–Crippen LogP) is 4.75. The van der Waals surface area contributed by atoms with Crippen LogP contribution in [0.3, 0.4) is 0 Å². The first-order chi connectivity index (χ1) is 15.4. The van der Waals surface area contributed by atoms with Crippen LogP contribution in [-0.2, 0) is 6.54 Å². The van der Waals surface area contributed by atoms with Crippen molar-refractivity contribution in [1.82, 2.24) is 10.3 Å². The van der Waals surface area contributed by atoms with Crippen LogP contribution in [0.25, 0.3) is 11.3 Å². The minimum atomic E-state index is -0.396. The van der Waals surface area contributed by atoms with Crippen molar-refractivity contribution in [3.63, 3.8) is 0 Å². The monoisotopic (exact) mass is 432 g/mol. The summed E-state index contributed by atoms with van der Waals surface area (Å²) in [4.78, 5) is 16.7. The number of phenolic OH excluding ortho intramolecular Hbond substituents is 1. The third-order valence-corrected chi connectivity index (χ3v) is 4.85. The van der Waals surface area contributed by atoms with E-state index in [1.54, 1.807) is 42.5 Å². The Kier molecular flexibility index (Phi) is 5.76. The summed E-state index contributed by atoms with van der Waals surface area (Å²) < 4.78 is 19.4. The number of nitrogens with two attached hydrogens (primary N) is 1. The van der Waals surface area contributed by atoms with E-state index in [0.717, 1.165) is 5.56 Å². The highest BCUT2D eigenvalue weighted by Gasteiger charge is 2.15. The fourth-order valence-electron chi connectivity index (χ4n) is 3.19. The Morgan fingerprint density at radius 2 is 2.00 bits per heavy atom. The van der Waals surface area contributed by atoms with Crippen molar-refractivity contribution in [1.29, 1.82) is 0 Å². The second-order valence-electron chi connectivity index (χ2n) is 7.23. The number of phenols is 1. The average molecular weight is 432 g/mol. The van der Waals surface area contributed by atoms with Crippen molar-refractivity contribution >= 4 is 23.1 Å². The topological polar surface area (TPSA) is 113 Å². The number of nitrogens with zero attached hydrogens (tertiary/aromatic N) is 1. The van der Waals surface area contributed by atoms with Gasteiger partial charge in [0.1, 0.15) is 23.1 Å². The van der Waals surface area contributed by atoms with Gasteiger partial charge in [0, 0.05) is 11.3 Å². The zero-order valence-corrected chi connectivity index (χ0v) is 17.2. The molecule has 2 aromatic heterocycles. The first kappa shape index (κ1) is 20.9. The molecule has 0 aliphatic carbocycles. The summed E-state index contributed by atoms with van der Waals surface area (Å²) in [5.41, 5.74) is 8.65. The number of anilines is 3. The molecular formula is C24H21FN4O3. The Morgan fingerprint density at radius 3 is 2.72 bits per heavy atom. The number of aromatic hydroxyl groups is 1. The lowest BCUT2D eigenvalue weighted by Crippen LogP contribution is -2.24. The maximum Gasteiger partial charge on any atom is 0.255 e. The highest BCUT2D eigenvalue weighted by Crippen LogP contribution is 2.33. The number of nitrogens with one attached hydrogen (secondary N) is 2. The Balaban J connectivity index is 1.55. The third-order valence-electron chi connectivity index (χ3n) is 4.85. The standard InChI is InChI=1S/C24H21FN4O3/c1-14-4-7-21(19(25)11-14)28-15-5-9-22(30)18(12-15)20-8-6-17(23(26)29-20)24(31)27-13-16-3-2-10-32-16/h2-12,28,30H,13H2,1H3,(H2,26,29)(H,27,31). The van der Waals surface area contributed by atoms with Gasteiger partial charge in [0.2, 0.25) is 0 Å². The number of aromatic nitrogens is 1. The van der Waals surface area contributed by atoms with E-state index in [2.05, 4.69) is 15.6 Å². The Hall–Kier alpha value is -4.33. The van der Waals surface area contributed by atoms with Gasteiger partial charge < -0.3 is 25.9 Å². The van der Waals surface area contributed by atoms with E-state index < -0.39 is 5.91 Å². The average Bonchev–Trinajstić information content (AvgIpc) is 3.29. The van der Waals surface area contributed by atoms with Gasteiger partial charge in [-0.05, 0) is 67.1 Å². The summed E-state index contributed by atoms with van der Waals surface area (Å²) in [5, 5.41) is 16.0. The van der Waals surface area contributed by atoms with E-state index in [9.17, 15) is 14.3 Å². The number of carbonyl (C=O) groups is 1. The van der Waals surface area contributed by atoms with Gasteiger partial charge in [0.25, 0.3) is 5.91 Å². The van der Waals surface area contributed by atoms with Gasteiger partial charge in [0.05, 0.1) is 29.8 Å². The molecule has 0 saturated carbocycles. The van der Waals surface area contributed by atoms with Gasteiger partial charge in [-0.2, -0.15) is 0 Å². The minimum absolute atomic E-state index is 0.0155. The molecule has 0 saturated heterocycles. The van der Waals surface area contributed by atoms with Crippen LogP contribution in [-0.4, -0.2) is 16.0 Å². The molecule has 0 unspecified atom stereocenters. The molecular weight excluding hydrogens is 411 g/mol. The number of hydrogen-bond acceptors (Lipinski definition) is 6. The number of halogens is 1. The lowest BCUT2D eigenvalue weighted by Gasteiger charge is -2.12. The van der Waals surface area contributed by atoms with E-state index in [-0.39, 0.29) is 29.5 Å². The second-order valence-corrected chi connectivity index (χ2v) is 7.23. The van der Waals surface area contributed by atoms with Crippen LogP contribution in [0.1, 0.15) is 21.7 Å². The first-order valence-corrected chi connectivity index (χ1v) is 9.84. The normalized spacial score (nSPS) is 10.7. The fraction of sp³-hybridized carbons (Fsp3) is 0.0833. The summed E-state index contributed by atoms with van der Waals surface area (Å²) in [6.45, 7) is 2.03. The lowest BCUT2D eigenvalue weighted by atomic mass is 10.1. The number of nitrogen functional groups attached to an aromatic ring is 1. The van der Waals surface area contributed by atoms with Gasteiger partial charge in [-0.15, -0.1) is 0 Å². The first-order valence-electron chi connectivity index (χ1n) is 9.84. The highest BCUT2D eigenvalue weighted by molar-refractivity contribution is 5.98. The maximum absolute atomic E-state index is 14.2. The smallest absolute Gasteiger partial charge is 0.255 e. The number of benzene rings is 2. The van der Waals surface area contributed by atoms with Crippen molar-refractivity contribution in [2.24, 2.45) is 0 Å². The molecule has 5 N–H and O–H groups in total. The largest absolute Gasteiger partial charge is 0.507 e. The van der Waals surface area contributed by atoms with Crippen LogP contribution in [0.2, 0.25) is 0 Å². The minimum Gasteiger partial charge on any atom is -0.507 e. The van der Waals surface area contributed by atoms with E-state index in [0.29, 0.717) is 28.4 Å². The Morgan fingerprint density at radius 1 is 1.16 bits per heavy atom. The summed E-state index contributed by atoms with van der Waals surface area (Å²) in [5.74, 6) is -0.177. The molecule has 0 aliphatic heterocycles. The molecule has 0 atom stereocenters. The number of pyridine rings is 1. The third kappa shape index (κ3) is 4.54. The van der Waals surface area contributed by atoms with Crippen LogP contribution >= 0.6 is 0 Å². The van der Waals surface area contributed by atoms with Crippen LogP contribution in [0, 0.1) is 12.7 Å². The van der Waals surface area contributed by atoms with Crippen LogP contribution < -0.4 is 16.4 Å². The Labute approximate surface area is 183 Å². The van der Waals surface area contributed by atoms with Gasteiger partial charge in [-0.1, -0.05) is 6.07 Å². The summed E-state index contributed by atoms with van der Waals surface area (Å²) in [7, 11) is 0. The van der Waals surface area contributed by atoms with E-state index in [1.165, 1.54) is 24.5 Å². The molecule has 8 heteroatoms. The molecule has 4 aromatic rings. The van der Waals surface area contributed by atoms with Crippen LogP contribution in [0.5, 0.6) is 5.75 Å². The van der Waals surface area contributed by atoms with Crippen LogP contribution in [0.15, 0.2) is 71.3 Å². The molecule has 2 aromatic carbocycles. The van der Waals surface area contributed by atoms with Crippen molar-refractivity contribution in [3.8, 4) is 17.0 Å². The van der Waals surface area contributed by atoms with Crippen molar-refractivity contribution in [2.75, 3.05) is 11.1 Å². The van der Waals surface area contributed by atoms with Crippen molar-refractivity contribution < 1.29 is 18.7 Å². The second kappa shape index (κ2) is 8.81. The molecule has 0 radical (unpaired) electrons. The van der Waals surface area contributed by atoms with Crippen molar-refractivity contribution in [2.45, 2.75) is 13.5 Å². The maximum atomic E-state index is 14.2. The lowest BCUT2D eigenvalue weighted by molar-refractivity contribution is 0.0948. The van der Waals surface area contributed by atoms with Gasteiger partial charge >= 0.3 is 0 Å². The molecule has 0 spiro atoms. The zero-order chi connectivity index (χ0) is 22.7. The molecule has 2 heterocycles.